The number of rotatable bonds is 4. The van der Waals surface area contributed by atoms with Crippen molar-refractivity contribution in [3.63, 3.8) is 0 Å². The summed E-state index contributed by atoms with van der Waals surface area (Å²) in [5.41, 5.74) is 3.39. The lowest BCUT2D eigenvalue weighted by atomic mass is 10.2. The Labute approximate surface area is 170 Å². The van der Waals surface area contributed by atoms with Crippen LogP contribution in [0.2, 0.25) is 0 Å². The highest BCUT2D eigenvalue weighted by Crippen LogP contribution is 2.23. The number of carbonyl (C=O) groups excluding carboxylic acids is 1. The highest BCUT2D eigenvalue weighted by Gasteiger charge is 2.11. The number of amides is 1. The molecule has 1 amide bonds. The number of imidazole rings is 1. The molecular weight excluding hydrogens is 380 g/mol. The number of nitrogens with one attached hydrogen (secondary N) is 2. The summed E-state index contributed by atoms with van der Waals surface area (Å²) < 4.78 is 1.06. The smallest absolute Gasteiger partial charge is 0.278 e. The largest absolute Gasteiger partial charge is 0.338 e. The second kappa shape index (κ2) is 7.25. The van der Waals surface area contributed by atoms with E-state index in [1.165, 1.54) is 0 Å². The maximum absolute atomic E-state index is 12.5. The Balaban J connectivity index is 1.37. The summed E-state index contributed by atoms with van der Waals surface area (Å²) in [6.07, 6.45) is 0. The number of H-pyrrole nitrogens is 1. The van der Waals surface area contributed by atoms with Crippen molar-refractivity contribution in [3.05, 3.63) is 83.2 Å². The van der Waals surface area contributed by atoms with E-state index in [4.69, 9.17) is 0 Å². The number of aromatic nitrogens is 5. The van der Waals surface area contributed by atoms with Crippen LogP contribution in [0.5, 0.6) is 0 Å². The molecule has 8 nitrogen and oxygen atoms in total. The molecule has 0 aliphatic carbocycles. The lowest BCUT2D eigenvalue weighted by Gasteiger charge is -2.08. The van der Waals surface area contributed by atoms with Crippen molar-refractivity contribution in [2.45, 2.75) is 6.54 Å². The molecule has 0 bridgehead atoms. The zero-order chi connectivity index (χ0) is 20.5. The molecule has 2 N–H and O–H groups in total. The Hall–Kier alpha value is -4.33. The summed E-state index contributed by atoms with van der Waals surface area (Å²) in [4.78, 5) is 32.9. The number of benzene rings is 3. The van der Waals surface area contributed by atoms with Crippen molar-refractivity contribution >= 4 is 33.5 Å². The van der Waals surface area contributed by atoms with Crippen LogP contribution in [0.25, 0.3) is 33.3 Å². The van der Waals surface area contributed by atoms with Crippen LogP contribution in [-0.2, 0) is 11.3 Å². The van der Waals surface area contributed by atoms with Gasteiger partial charge in [-0.15, -0.1) is 5.10 Å². The van der Waals surface area contributed by atoms with E-state index in [1.54, 1.807) is 30.3 Å². The summed E-state index contributed by atoms with van der Waals surface area (Å²) in [6.45, 7) is -0.231. The first-order chi connectivity index (χ1) is 14.7. The van der Waals surface area contributed by atoms with Gasteiger partial charge in [0, 0.05) is 11.3 Å². The SMILES string of the molecule is O=C(Cn1nnc2ccccc2c1=O)Nc1cccc(-c2nc3ccccc3[nH]2)c1. The van der Waals surface area contributed by atoms with Crippen LogP contribution >= 0.6 is 0 Å². The normalized spacial score (nSPS) is 11.1. The zero-order valence-corrected chi connectivity index (χ0v) is 15.7. The molecule has 0 aliphatic rings. The van der Waals surface area contributed by atoms with Crippen molar-refractivity contribution < 1.29 is 4.79 Å². The van der Waals surface area contributed by atoms with Gasteiger partial charge in [-0.2, -0.15) is 0 Å². The van der Waals surface area contributed by atoms with Crippen molar-refractivity contribution in [1.82, 2.24) is 25.0 Å². The predicted octanol–water partition coefficient (Wildman–Crippen LogP) is 2.97. The van der Waals surface area contributed by atoms with Crippen LogP contribution < -0.4 is 10.9 Å². The number of fused-ring (bicyclic) bond motifs is 2. The van der Waals surface area contributed by atoms with Gasteiger partial charge in [0.15, 0.2) is 0 Å². The van der Waals surface area contributed by atoms with Crippen molar-refractivity contribution in [1.29, 1.82) is 0 Å². The highest BCUT2D eigenvalue weighted by molar-refractivity contribution is 5.91. The highest BCUT2D eigenvalue weighted by atomic mass is 16.2. The fourth-order valence-electron chi connectivity index (χ4n) is 3.30. The van der Waals surface area contributed by atoms with Gasteiger partial charge in [-0.25, -0.2) is 9.67 Å². The molecule has 0 unspecified atom stereocenters. The molecule has 0 fully saturated rings. The monoisotopic (exact) mass is 396 g/mol. The molecule has 0 saturated heterocycles. The van der Waals surface area contributed by atoms with Gasteiger partial charge in [0.1, 0.15) is 17.9 Å². The average molecular weight is 396 g/mol. The summed E-state index contributed by atoms with van der Waals surface area (Å²) in [7, 11) is 0. The molecule has 146 valence electrons. The second-order valence-electron chi connectivity index (χ2n) is 6.80. The maximum Gasteiger partial charge on any atom is 0.278 e. The molecule has 2 aromatic heterocycles. The molecule has 30 heavy (non-hydrogen) atoms. The van der Waals surface area contributed by atoms with Crippen LogP contribution in [0.1, 0.15) is 0 Å². The van der Waals surface area contributed by atoms with E-state index in [9.17, 15) is 9.59 Å². The van der Waals surface area contributed by atoms with Gasteiger partial charge in [0.05, 0.1) is 16.4 Å². The Morgan fingerprint density at radius 2 is 1.77 bits per heavy atom. The van der Waals surface area contributed by atoms with Crippen LogP contribution in [0, 0.1) is 0 Å². The van der Waals surface area contributed by atoms with Gasteiger partial charge < -0.3 is 10.3 Å². The Morgan fingerprint density at radius 1 is 0.967 bits per heavy atom. The summed E-state index contributed by atoms with van der Waals surface area (Å²) in [5.74, 6) is 0.340. The zero-order valence-electron chi connectivity index (χ0n) is 15.7. The van der Waals surface area contributed by atoms with E-state index in [2.05, 4.69) is 25.6 Å². The van der Waals surface area contributed by atoms with Crippen molar-refractivity contribution in [2.24, 2.45) is 0 Å². The van der Waals surface area contributed by atoms with E-state index in [1.807, 2.05) is 42.5 Å². The molecule has 2 heterocycles. The first-order valence-electron chi connectivity index (χ1n) is 9.35. The van der Waals surface area contributed by atoms with Crippen LogP contribution in [-0.4, -0.2) is 30.9 Å². The van der Waals surface area contributed by atoms with Crippen molar-refractivity contribution in [2.75, 3.05) is 5.32 Å². The lowest BCUT2D eigenvalue weighted by Crippen LogP contribution is -2.30. The summed E-state index contributed by atoms with van der Waals surface area (Å²) in [5, 5.41) is 11.1. The van der Waals surface area contributed by atoms with Gasteiger partial charge in [0.25, 0.3) is 5.56 Å². The number of hydrogen-bond acceptors (Lipinski definition) is 5. The molecule has 5 aromatic rings. The van der Waals surface area contributed by atoms with E-state index >= 15 is 0 Å². The van der Waals surface area contributed by atoms with E-state index in [0.717, 1.165) is 21.3 Å². The van der Waals surface area contributed by atoms with Gasteiger partial charge in [-0.05, 0) is 36.4 Å². The first-order valence-corrected chi connectivity index (χ1v) is 9.35. The molecule has 0 spiro atoms. The molecule has 5 rings (SSSR count). The van der Waals surface area contributed by atoms with Crippen LogP contribution in [0.4, 0.5) is 5.69 Å². The fraction of sp³-hybridized carbons (Fsp3) is 0.0455. The molecule has 8 heteroatoms. The quantitative estimate of drug-likeness (QED) is 0.486. The molecule has 0 radical (unpaired) electrons. The Bertz CT molecular complexity index is 1420. The third-order valence-corrected chi connectivity index (χ3v) is 4.73. The standard InChI is InChI=1S/C22H16N6O2/c29-20(13-28-22(30)16-8-1-2-9-17(16)26-27-28)23-15-7-5-6-14(12-15)21-24-18-10-3-4-11-19(18)25-21/h1-12H,13H2,(H,23,29)(H,24,25). The number of aromatic amines is 1. The molecule has 0 saturated carbocycles. The minimum absolute atomic E-state index is 0.231. The lowest BCUT2D eigenvalue weighted by molar-refractivity contribution is -0.117. The number of anilines is 1. The Kier molecular flexibility index (Phi) is 4.29. The third-order valence-electron chi connectivity index (χ3n) is 4.73. The topological polar surface area (TPSA) is 106 Å². The Morgan fingerprint density at radius 3 is 2.63 bits per heavy atom. The van der Waals surface area contributed by atoms with Gasteiger partial charge in [-0.3, -0.25) is 9.59 Å². The van der Waals surface area contributed by atoms with E-state index in [-0.39, 0.29) is 18.0 Å². The number of nitrogens with zero attached hydrogens (tertiary/aromatic N) is 4. The molecule has 0 aliphatic heterocycles. The maximum atomic E-state index is 12.5. The number of carbonyl (C=O) groups is 1. The average Bonchev–Trinajstić information content (AvgIpc) is 3.20. The minimum atomic E-state index is -0.372. The van der Waals surface area contributed by atoms with Crippen molar-refractivity contribution in [3.8, 4) is 11.4 Å². The second-order valence-corrected chi connectivity index (χ2v) is 6.80. The van der Waals surface area contributed by atoms with E-state index in [0.29, 0.717) is 22.4 Å². The van der Waals surface area contributed by atoms with Gasteiger partial charge in [-0.1, -0.05) is 41.6 Å². The fourth-order valence-corrected chi connectivity index (χ4v) is 3.30. The summed E-state index contributed by atoms with van der Waals surface area (Å²) >= 11 is 0. The summed E-state index contributed by atoms with van der Waals surface area (Å²) in [6, 6.07) is 22.0. The van der Waals surface area contributed by atoms with E-state index < -0.39 is 0 Å². The molecule has 0 atom stereocenters. The third kappa shape index (κ3) is 3.30. The first kappa shape index (κ1) is 17.7. The minimum Gasteiger partial charge on any atom is -0.338 e. The number of para-hydroxylation sites is 2. The predicted molar refractivity (Wildman–Crippen MR) is 114 cm³/mol. The van der Waals surface area contributed by atoms with Gasteiger partial charge >= 0.3 is 0 Å². The van der Waals surface area contributed by atoms with Crippen LogP contribution in [0.15, 0.2) is 77.6 Å². The number of hydrogen-bond donors (Lipinski definition) is 2. The van der Waals surface area contributed by atoms with Gasteiger partial charge in [0.2, 0.25) is 5.91 Å². The van der Waals surface area contributed by atoms with Crippen LogP contribution in [0.3, 0.4) is 0 Å². The molecule has 3 aromatic carbocycles. The molecular formula is C22H16N6O2.